The molecule has 1 aliphatic heterocycles. The Bertz CT molecular complexity index is 1270. The number of benzene rings is 3. The van der Waals surface area contributed by atoms with Crippen molar-refractivity contribution in [2.45, 2.75) is 26.2 Å². The van der Waals surface area contributed by atoms with E-state index in [1.807, 2.05) is 42.5 Å². The molecule has 0 saturated carbocycles. The van der Waals surface area contributed by atoms with E-state index in [0.29, 0.717) is 23.8 Å². The highest BCUT2D eigenvalue weighted by atomic mass is 35.5. The summed E-state index contributed by atoms with van der Waals surface area (Å²) in [6.07, 6.45) is 5.09. The van der Waals surface area contributed by atoms with Gasteiger partial charge in [-0.05, 0) is 55.4 Å². The van der Waals surface area contributed by atoms with Crippen LogP contribution >= 0.6 is 12.4 Å². The smallest absolute Gasteiger partial charge is 0.250 e. The summed E-state index contributed by atoms with van der Waals surface area (Å²) in [7, 11) is 0. The van der Waals surface area contributed by atoms with Gasteiger partial charge in [0.2, 0.25) is 17.8 Å². The fraction of sp³-hybridized carbons (Fsp3) is 0.241. The molecule has 2 heterocycles. The normalized spacial score (nSPS) is 13.8. The molecule has 8 heteroatoms. The highest BCUT2D eigenvalue weighted by Crippen LogP contribution is 2.25. The Morgan fingerprint density at radius 1 is 0.838 bits per heavy atom. The number of anilines is 4. The Kier molecular flexibility index (Phi) is 9.05. The average Bonchev–Trinajstić information content (AvgIpc) is 2.92. The van der Waals surface area contributed by atoms with Crippen LogP contribution in [0.5, 0.6) is 0 Å². The molecule has 0 aliphatic carbocycles. The van der Waals surface area contributed by atoms with Crippen molar-refractivity contribution in [3.05, 3.63) is 102 Å². The van der Waals surface area contributed by atoms with Crippen molar-refractivity contribution in [2.75, 3.05) is 28.7 Å². The van der Waals surface area contributed by atoms with Crippen LogP contribution in [0, 0.1) is 12.8 Å². The molecule has 37 heavy (non-hydrogen) atoms. The molecule has 0 atom stereocenters. The third-order valence-corrected chi connectivity index (χ3v) is 6.37. The minimum Gasteiger partial charge on any atom is -0.341 e. The van der Waals surface area contributed by atoms with Crippen LogP contribution in [0.25, 0.3) is 0 Å². The molecule has 4 aromatic rings. The lowest BCUT2D eigenvalue weighted by atomic mass is 9.90. The Labute approximate surface area is 224 Å². The van der Waals surface area contributed by atoms with Gasteiger partial charge < -0.3 is 10.2 Å². The first-order valence-corrected chi connectivity index (χ1v) is 12.4. The Morgan fingerprint density at radius 2 is 1.49 bits per heavy atom. The second kappa shape index (κ2) is 12.8. The predicted molar refractivity (Wildman–Crippen MR) is 154 cm³/mol. The molecule has 2 N–H and O–H groups in total. The number of rotatable bonds is 8. The van der Waals surface area contributed by atoms with Crippen LogP contribution in [0.2, 0.25) is 0 Å². The van der Waals surface area contributed by atoms with Gasteiger partial charge in [0, 0.05) is 18.8 Å². The molecule has 190 valence electrons. The summed E-state index contributed by atoms with van der Waals surface area (Å²) in [6.45, 7) is 3.90. The van der Waals surface area contributed by atoms with Crippen LogP contribution in [0.4, 0.5) is 23.5 Å². The summed E-state index contributed by atoms with van der Waals surface area (Å²) in [5.41, 5.74) is 7.52. The van der Waals surface area contributed by atoms with Gasteiger partial charge in [-0.25, -0.2) is 5.43 Å². The van der Waals surface area contributed by atoms with Crippen molar-refractivity contribution in [1.82, 2.24) is 15.0 Å². The molecule has 1 saturated heterocycles. The Balaban J connectivity index is 0.00000320. The first-order chi connectivity index (χ1) is 17.7. The van der Waals surface area contributed by atoms with Crippen molar-refractivity contribution >= 4 is 42.2 Å². The average molecular weight is 514 g/mol. The summed E-state index contributed by atoms with van der Waals surface area (Å²) in [5.74, 6) is 2.24. The maximum atomic E-state index is 4.75. The minimum atomic E-state index is 0. The Morgan fingerprint density at radius 3 is 2.19 bits per heavy atom. The summed E-state index contributed by atoms with van der Waals surface area (Å²) >= 11 is 0. The molecule has 1 fully saturated rings. The third-order valence-electron chi connectivity index (χ3n) is 6.37. The van der Waals surface area contributed by atoms with Crippen molar-refractivity contribution in [2.24, 2.45) is 11.0 Å². The third kappa shape index (κ3) is 7.51. The number of nitrogens with one attached hydrogen (secondary N) is 2. The lowest BCUT2D eigenvalue weighted by Crippen LogP contribution is -2.35. The minimum absolute atomic E-state index is 0. The van der Waals surface area contributed by atoms with Crippen LogP contribution in [-0.4, -0.2) is 34.3 Å². The first kappa shape index (κ1) is 26.1. The van der Waals surface area contributed by atoms with Gasteiger partial charge in [0.25, 0.3) is 0 Å². The summed E-state index contributed by atoms with van der Waals surface area (Å²) in [5, 5.41) is 7.66. The second-order valence-electron chi connectivity index (χ2n) is 9.17. The van der Waals surface area contributed by atoms with Crippen molar-refractivity contribution < 1.29 is 0 Å². The van der Waals surface area contributed by atoms with Crippen LogP contribution < -0.4 is 15.6 Å². The van der Waals surface area contributed by atoms with Crippen LogP contribution in [0.1, 0.15) is 29.5 Å². The van der Waals surface area contributed by atoms with E-state index in [-0.39, 0.29) is 12.4 Å². The largest absolute Gasteiger partial charge is 0.341 e. The first-order valence-electron chi connectivity index (χ1n) is 12.4. The summed E-state index contributed by atoms with van der Waals surface area (Å²) < 4.78 is 0. The summed E-state index contributed by atoms with van der Waals surface area (Å²) in [4.78, 5) is 16.3. The zero-order valence-corrected chi connectivity index (χ0v) is 21.7. The number of aryl methyl sites for hydroxylation is 1. The fourth-order valence-electron chi connectivity index (χ4n) is 4.37. The van der Waals surface area contributed by atoms with Gasteiger partial charge in [-0.2, -0.15) is 20.1 Å². The van der Waals surface area contributed by atoms with E-state index < -0.39 is 0 Å². The van der Waals surface area contributed by atoms with Gasteiger partial charge in [0.1, 0.15) is 0 Å². The van der Waals surface area contributed by atoms with Crippen molar-refractivity contribution in [1.29, 1.82) is 0 Å². The number of hydrazone groups is 1. The maximum Gasteiger partial charge on any atom is 0.250 e. The van der Waals surface area contributed by atoms with Crippen molar-refractivity contribution in [3.63, 3.8) is 0 Å². The topological polar surface area (TPSA) is 78.3 Å². The second-order valence-corrected chi connectivity index (χ2v) is 9.17. The molecular formula is C29H32ClN7. The molecule has 3 aromatic carbocycles. The molecule has 5 rings (SSSR count). The van der Waals surface area contributed by atoms with Crippen molar-refractivity contribution in [3.8, 4) is 0 Å². The Hall–Kier alpha value is -3.97. The van der Waals surface area contributed by atoms with Gasteiger partial charge in [0.15, 0.2) is 0 Å². The molecule has 0 bridgehead atoms. The molecule has 0 radical (unpaired) electrons. The monoisotopic (exact) mass is 513 g/mol. The number of piperidine rings is 1. The lowest BCUT2D eigenvalue weighted by molar-refractivity contribution is 0.400. The number of hydrogen-bond donors (Lipinski definition) is 2. The number of hydrogen-bond acceptors (Lipinski definition) is 7. The predicted octanol–water partition coefficient (Wildman–Crippen LogP) is 6.25. The zero-order chi connectivity index (χ0) is 24.6. The highest BCUT2D eigenvalue weighted by molar-refractivity contribution is 5.85. The quantitative estimate of drug-likeness (QED) is 0.214. The standard InChI is InChI=1S/C29H31N7.ClH/c1-22-12-14-26(15-13-22)31-27-32-28(35-30-21-25-10-6-3-7-11-25)34-29(33-27)36-18-16-24(17-19-36)20-23-8-4-2-5-9-23;/h2-15,21,24H,16-20H2,1H3,(H2,31,32,33,34,35);1H/b30-21+;. The van der Waals surface area contributed by atoms with Crippen LogP contribution in [0.15, 0.2) is 90.0 Å². The van der Waals surface area contributed by atoms with E-state index in [9.17, 15) is 0 Å². The van der Waals surface area contributed by atoms with Crippen LogP contribution in [-0.2, 0) is 6.42 Å². The summed E-state index contributed by atoms with van der Waals surface area (Å²) in [6, 6.07) is 28.8. The molecular weight excluding hydrogens is 482 g/mol. The van der Waals surface area contributed by atoms with Gasteiger partial charge in [-0.1, -0.05) is 78.4 Å². The van der Waals surface area contributed by atoms with E-state index in [0.717, 1.165) is 43.6 Å². The van der Waals surface area contributed by atoms with Gasteiger partial charge in [-0.3, -0.25) is 0 Å². The van der Waals surface area contributed by atoms with Gasteiger partial charge in [0.05, 0.1) is 6.21 Å². The molecule has 0 unspecified atom stereocenters. The molecule has 1 aliphatic rings. The van der Waals surface area contributed by atoms with Gasteiger partial charge in [-0.15, -0.1) is 12.4 Å². The molecule has 0 amide bonds. The van der Waals surface area contributed by atoms with E-state index in [1.165, 1.54) is 11.1 Å². The van der Waals surface area contributed by atoms with E-state index in [1.54, 1.807) is 6.21 Å². The lowest BCUT2D eigenvalue weighted by Gasteiger charge is -2.32. The van der Waals surface area contributed by atoms with E-state index in [4.69, 9.17) is 9.97 Å². The maximum absolute atomic E-state index is 4.75. The van der Waals surface area contributed by atoms with E-state index >= 15 is 0 Å². The van der Waals surface area contributed by atoms with E-state index in [2.05, 4.69) is 75.1 Å². The molecule has 7 nitrogen and oxygen atoms in total. The van der Waals surface area contributed by atoms with Crippen LogP contribution in [0.3, 0.4) is 0 Å². The number of aromatic nitrogens is 3. The van der Waals surface area contributed by atoms with Gasteiger partial charge >= 0.3 is 0 Å². The molecule has 1 aromatic heterocycles. The number of halogens is 1. The number of nitrogens with zero attached hydrogens (tertiary/aromatic N) is 5. The molecule has 0 spiro atoms. The fourth-order valence-corrected chi connectivity index (χ4v) is 4.37. The SMILES string of the molecule is Cc1ccc(Nc2nc(N/N=C/c3ccccc3)nc(N3CCC(Cc4ccccc4)CC3)n2)cc1.Cl. The highest BCUT2D eigenvalue weighted by Gasteiger charge is 2.22. The zero-order valence-electron chi connectivity index (χ0n) is 20.9.